The molecule has 2 aromatic rings. The smallest absolute Gasteiger partial charge is 0.310 e. The third-order valence-electron chi connectivity index (χ3n) is 5.32. The van der Waals surface area contributed by atoms with Gasteiger partial charge in [0.15, 0.2) is 0 Å². The van der Waals surface area contributed by atoms with Gasteiger partial charge in [0.05, 0.1) is 30.4 Å². The number of amides is 1. The number of benzene rings is 2. The summed E-state index contributed by atoms with van der Waals surface area (Å²) < 4.78 is 10.8. The number of hydrogen-bond donors (Lipinski definition) is 0. The fourth-order valence-electron chi connectivity index (χ4n) is 3.70. The van der Waals surface area contributed by atoms with E-state index in [2.05, 4.69) is 6.07 Å². The molecule has 0 saturated carbocycles. The number of carbonyl (C=O) groups is 2. The number of nitriles is 1. The zero-order valence-electron chi connectivity index (χ0n) is 17.5. The Kier molecular flexibility index (Phi) is 6.22. The van der Waals surface area contributed by atoms with Crippen LogP contribution in [0.5, 0.6) is 5.75 Å². The first kappa shape index (κ1) is 21.1. The second kappa shape index (κ2) is 8.83. The zero-order chi connectivity index (χ0) is 21.8. The molecule has 6 heteroatoms. The molecule has 1 amide bonds. The summed E-state index contributed by atoms with van der Waals surface area (Å²) in [6.07, 6.45) is 0.224. The maximum absolute atomic E-state index is 13.4. The van der Waals surface area contributed by atoms with Crippen molar-refractivity contribution in [2.24, 2.45) is 5.92 Å². The molecule has 30 heavy (non-hydrogen) atoms. The van der Waals surface area contributed by atoms with E-state index in [-0.39, 0.29) is 24.2 Å². The highest BCUT2D eigenvalue weighted by atomic mass is 16.5. The minimum absolute atomic E-state index is 0.224. The average molecular weight is 404 g/mol. The van der Waals surface area contributed by atoms with Crippen molar-refractivity contribution in [3.05, 3.63) is 71.0 Å². The second-order valence-electron chi connectivity index (χ2n) is 7.16. The van der Waals surface area contributed by atoms with Crippen molar-refractivity contribution in [3.8, 4) is 11.8 Å². The fourth-order valence-corrected chi connectivity index (χ4v) is 3.70. The Morgan fingerprint density at radius 1 is 1.13 bits per heavy atom. The molecule has 1 aliphatic heterocycles. The van der Waals surface area contributed by atoms with Crippen LogP contribution in [0.25, 0.3) is 0 Å². The van der Waals surface area contributed by atoms with Gasteiger partial charge in [0.1, 0.15) is 11.5 Å². The largest absolute Gasteiger partial charge is 0.497 e. The summed E-state index contributed by atoms with van der Waals surface area (Å²) in [7, 11) is 1.59. The molecule has 6 nitrogen and oxygen atoms in total. The predicted molar refractivity (Wildman–Crippen MR) is 113 cm³/mol. The van der Waals surface area contributed by atoms with Gasteiger partial charge in [-0.25, -0.2) is 0 Å². The molecule has 2 atom stereocenters. The Morgan fingerprint density at radius 2 is 1.77 bits per heavy atom. The van der Waals surface area contributed by atoms with Crippen LogP contribution >= 0.6 is 0 Å². The maximum Gasteiger partial charge on any atom is 0.310 e. The quantitative estimate of drug-likeness (QED) is 0.685. The predicted octanol–water partition coefficient (Wildman–Crippen LogP) is 4.52. The molecule has 1 aliphatic rings. The van der Waals surface area contributed by atoms with Crippen LogP contribution in [0, 0.1) is 17.2 Å². The van der Waals surface area contributed by atoms with Crippen LogP contribution < -0.4 is 9.64 Å². The van der Waals surface area contributed by atoms with Crippen molar-refractivity contribution >= 4 is 17.6 Å². The van der Waals surface area contributed by atoms with Crippen LogP contribution in [0.15, 0.2) is 59.9 Å². The Labute approximate surface area is 176 Å². The van der Waals surface area contributed by atoms with Crippen LogP contribution in [0.4, 0.5) is 5.69 Å². The van der Waals surface area contributed by atoms with Crippen molar-refractivity contribution in [2.75, 3.05) is 12.0 Å². The van der Waals surface area contributed by atoms with E-state index in [0.29, 0.717) is 28.3 Å². The minimum Gasteiger partial charge on any atom is -0.497 e. The summed E-state index contributed by atoms with van der Waals surface area (Å²) in [4.78, 5) is 27.1. The van der Waals surface area contributed by atoms with E-state index in [1.165, 1.54) is 0 Å². The first-order valence-corrected chi connectivity index (χ1v) is 9.80. The van der Waals surface area contributed by atoms with Gasteiger partial charge in [0, 0.05) is 18.0 Å². The zero-order valence-corrected chi connectivity index (χ0v) is 17.5. The molecule has 0 aliphatic carbocycles. The Bertz CT molecular complexity index is 1020. The Balaban J connectivity index is 2.13. The monoisotopic (exact) mass is 404 g/mol. The van der Waals surface area contributed by atoms with E-state index in [4.69, 9.17) is 14.7 Å². The van der Waals surface area contributed by atoms with Gasteiger partial charge in [-0.2, -0.15) is 5.26 Å². The number of rotatable bonds is 5. The second-order valence-corrected chi connectivity index (χ2v) is 7.16. The standard InChI is InChI=1S/C24H24N2O4/c1-5-21(27)30-23-15(2)22(18-8-6-17(14-25)7-9-18)26(24(28)16(23)3)19-10-12-20(29-4)13-11-19/h6-13,15,22H,5H2,1-4H3/t15-,22+/m1/s1. The van der Waals surface area contributed by atoms with Crippen molar-refractivity contribution in [1.82, 2.24) is 0 Å². The highest BCUT2D eigenvalue weighted by molar-refractivity contribution is 6.07. The van der Waals surface area contributed by atoms with Crippen LogP contribution in [0.3, 0.4) is 0 Å². The average Bonchev–Trinajstić information content (AvgIpc) is 2.79. The lowest BCUT2D eigenvalue weighted by atomic mass is 9.85. The lowest BCUT2D eigenvalue weighted by molar-refractivity contribution is -0.140. The van der Waals surface area contributed by atoms with Crippen LogP contribution in [0.2, 0.25) is 0 Å². The number of anilines is 1. The van der Waals surface area contributed by atoms with Gasteiger partial charge in [-0.3, -0.25) is 9.59 Å². The molecule has 0 bridgehead atoms. The number of methoxy groups -OCH3 is 1. The van der Waals surface area contributed by atoms with Gasteiger partial charge in [-0.1, -0.05) is 26.0 Å². The third kappa shape index (κ3) is 3.92. The number of carbonyl (C=O) groups excluding carboxylic acids is 2. The molecule has 0 spiro atoms. The topological polar surface area (TPSA) is 79.6 Å². The van der Waals surface area contributed by atoms with E-state index >= 15 is 0 Å². The van der Waals surface area contributed by atoms with Gasteiger partial charge in [-0.15, -0.1) is 0 Å². The third-order valence-corrected chi connectivity index (χ3v) is 5.32. The van der Waals surface area contributed by atoms with Crippen molar-refractivity contribution in [1.29, 1.82) is 5.26 Å². The Hall–Kier alpha value is -3.59. The molecular formula is C24H24N2O4. The Morgan fingerprint density at radius 3 is 2.30 bits per heavy atom. The summed E-state index contributed by atoms with van der Waals surface area (Å²) in [6, 6.07) is 16.1. The van der Waals surface area contributed by atoms with Crippen LogP contribution in [0.1, 0.15) is 44.4 Å². The van der Waals surface area contributed by atoms with Gasteiger partial charge >= 0.3 is 5.97 Å². The molecule has 0 fully saturated rings. The molecule has 0 saturated heterocycles. The molecule has 154 valence electrons. The molecule has 0 aromatic heterocycles. The number of ether oxygens (including phenoxy) is 2. The lowest BCUT2D eigenvalue weighted by Crippen LogP contribution is -2.44. The van der Waals surface area contributed by atoms with E-state index in [1.807, 2.05) is 31.2 Å². The van der Waals surface area contributed by atoms with E-state index < -0.39 is 6.04 Å². The summed E-state index contributed by atoms with van der Waals surface area (Å²) in [5.41, 5.74) is 2.50. The van der Waals surface area contributed by atoms with Crippen molar-refractivity contribution in [3.63, 3.8) is 0 Å². The van der Waals surface area contributed by atoms with Crippen LogP contribution in [-0.4, -0.2) is 19.0 Å². The van der Waals surface area contributed by atoms with Gasteiger partial charge in [0.25, 0.3) is 5.91 Å². The summed E-state index contributed by atoms with van der Waals surface area (Å²) in [6.45, 7) is 5.34. The molecular weight excluding hydrogens is 380 g/mol. The van der Waals surface area contributed by atoms with E-state index in [9.17, 15) is 9.59 Å². The van der Waals surface area contributed by atoms with Gasteiger partial charge in [0.2, 0.25) is 0 Å². The van der Waals surface area contributed by atoms with Gasteiger partial charge < -0.3 is 14.4 Å². The first-order chi connectivity index (χ1) is 14.4. The molecule has 3 rings (SSSR count). The number of esters is 1. The minimum atomic E-state index is -0.401. The molecule has 0 radical (unpaired) electrons. The SMILES string of the molecule is CCC(=O)OC1=C(C)C(=O)N(c2ccc(OC)cc2)[C@H](c2ccc(C#N)cc2)[C@H]1C. The van der Waals surface area contributed by atoms with Crippen molar-refractivity contribution < 1.29 is 19.1 Å². The molecule has 2 aromatic carbocycles. The maximum atomic E-state index is 13.4. The normalized spacial score (nSPS) is 18.8. The summed E-state index contributed by atoms with van der Waals surface area (Å²) in [5, 5.41) is 9.12. The summed E-state index contributed by atoms with van der Waals surface area (Å²) >= 11 is 0. The summed E-state index contributed by atoms with van der Waals surface area (Å²) in [5.74, 6) is 0.210. The van der Waals surface area contributed by atoms with Gasteiger partial charge in [-0.05, 0) is 48.9 Å². The highest BCUT2D eigenvalue weighted by Crippen LogP contribution is 2.43. The molecule has 1 heterocycles. The van der Waals surface area contributed by atoms with E-state index in [0.717, 1.165) is 5.56 Å². The van der Waals surface area contributed by atoms with Crippen molar-refractivity contribution in [2.45, 2.75) is 33.2 Å². The van der Waals surface area contributed by atoms with Crippen LogP contribution in [-0.2, 0) is 14.3 Å². The molecule has 0 unspecified atom stereocenters. The first-order valence-electron chi connectivity index (χ1n) is 9.80. The number of nitrogens with zero attached hydrogens (tertiary/aromatic N) is 2. The molecule has 0 N–H and O–H groups in total. The number of hydrogen-bond acceptors (Lipinski definition) is 5. The van der Waals surface area contributed by atoms with E-state index in [1.54, 1.807) is 50.1 Å². The fraction of sp³-hybridized carbons (Fsp3) is 0.292. The highest BCUT2D eigenvalue weighted by Gasteiger charge is 2.41. The lowest BCUT2D eigenvalue weighted by Gasteiger charge is -2.41.